The average molecular weight is 271 g/mol. The van der Waals surface area contributed by atoms with Crippen molar-refractivity contribution in [2.45, 2.75) is 19.9 Å². The number of aromatic nitrogens is 1. The highest BCUT2D eigenvalue weighted by atomic mass is 32.1. The van der Waals surface area contributed by atoms with Gasteiger partial charge in [-0.15, -0.1) is 11.3 Å². The van der Waals surface area contributed by atoms with Crippen LogP contribution in [0, 0.1) is 0 Å². The second kappa shape index (κ2) is 8.18. The molecule has 0 saturated carbocycles. The van der Waals surface area contributed by atoms with Crippen molar-refractivity contribution in [1.29, 1.82) is 0 Å². The van der Waals surface area contributed by atoms with Crippen molar-refractivity contribution in [3.63, 3.8) is 0 Å². The Morgan fingerprint density at radius 1 is 1.56 bits per heavy atom. The predicted octanol–water partition coefficient (Wildman–Crippen LogP) is 1.29. The van der Waals surface area contributed by atoms with Crippen molar-refractivity contribution in [3.8, 4) is 0 Å². The number of carbonyl (C=O) groups is 1. The van der Waals surface area contributed by atoms with Gasteiger partial charge < -0.3 is 9.64 Å². The first kappa shape index (κ1) is 15.1. The van der Waals surface area contributed by atoms with Gasteiger partial charge in [0.15, 0.2) is 0 Å². The summed E-state index contributed by atoms with van der Waals surface area (Å²) in [6.07, 6.45) is 0. The molecule has 1 unspecified atom stereocenters. The second-order valence-electron chi connectivity index (χ2n) is 3.85. The van der Waals surface area contributed by atoms with Crippen molar-refractivity contribution >= 4 is 17.3 Å². The Labute approximate surface area is 112 Å². The number of methoxy groups -OCH3 is 1. The van der Waals surface area contributed by atoms with Crippen LogP contribution in [-0.4, -0.2) is 49.1 Å². The van der Waals surface area contributed by atoms with E-state index in [1.165, 1.54) is 18.4 Å². The number of esters is 1. The topological polar surface area (TPSA) is 54.5 Å². The third-order valence-electron chi connectivity index (χ3n) is 2.85. The number of nitrogens with one attached hydrogen (secondary N) is 1. The number of hydrogen-bond donors (Lipinski definition) is 1. The van der Waals surface area contributed by atoms with Crippen LogP contribution in [0.5, 0.6) is 0 Å². The summed E-state index contributed by atoms with van der Waals surface area (Å²) in [5.41, 5.74) is 2.45. The summed E-state index contributed by atoms with van der Waals surface area (Å²) in [5, 5.41) is 5.07. The number of nitrogens with zero attached hydrogens (tertiary/aromatic N) is 2. The van der Waals surface area contributed by atoms with Crippen molar-refractivity contribution < 1.29 is 9.53 Å². The predicted molar refractivity (Wildman–Crippen MR) is 72.7 cm³/mol. The van der Waals surface area contributed by atoms with Crippen LogP contribution in [0.3, 0.4) is 0 Å². The lowest BCUT2D eigenvalue weighted by molar-refractivity contribution is -0.143. The minimum absolute atomic E-state index is 0.291. The van der Waals surface area contributed by atoms with E-state index in [2.05, 4.69) is 29.0 Å². The second-order valence-corrected chi connectivity index (χ2v) is 4.57. The lowest BCUT2D eigenvalue weighted by Crippen LogP contribution is -2.37. The standard InChI is InChI=1S/C12H21N3O2S/c1-4-15(5-2)7-6-13-11(12(16)17-3)10-8-18-9-14-10/h8-9,11,13H,4-7H2,1-3H3. The van der Waals surface area contributed by atoms with Gasteiger partial charge in [0.1, 0.15) is 6.04 Å². The summed E-state index contributed by atoms with van der Waals surface area (Å²) in [7, 11) is 1.40. The minimum atomic E-state index is -0.461. The van der Waals surface area contributed by atoms with Crippen LogP contribution >= 0.6 is 11.3 Å². The van der Waals surface area contributed by atoms with Gasteiger partial charge in [-0.05, 0) is 13.1 Å². The molecule has 1 N–H and O–H groups in total. The maximum atomic E-state index is 11.7. The molecular formula is C12H21N3O2S. The molecule has 0 spiro atoms. The number of thiazole rings is 1. The van der Waals surface area contributed by atoms with Crippen molar-refractivity contribution in [2.75, 3.05) is 33.3 Å². The van der Waals surface area contributed by atoms with Gasteiger partial charge >= 0.3 is 5.97 Å². The molecule has 0 aliphatic carbocycles. The van der Waals surface area contributed by atoms with Gasteiger partial charge in [0, 0.05) is 18.5 Å². The quantitative estimate of drug-likeness (QED) is 0.722. The SMILES string of the molecule is CCN(CC)CCNC(C(=O)OC)c1cscn1. The highest BCUT2D eigenvalue weighted by Crippen LogP contribution is 2.14. The molecule has 0 radical (unpaired) electrons. The molecule has 0 aliphatic rings. The largest absolute Gasteiger partial charge is 0.468 e. The lowest BCUT2D eigenvalue weighted by atomic mass is 10.2. The van der Waals surface area contributed by atoms with Gasteiger partial charge in [-0.1, -0.05) is 13.8 Å². The first-order valence-electron chi connectivity index (χ1n) is 6.14. The van der Waals surface area contributed by atoms with Gasteiger partial charge in [-0.25, -0.2) is 9.78 Å². The first-order chi connectivity index (χ1) is 8.72. The molecule has 0 bridgehead atoms. The number of ether oxygens (including phenoxy) is 1. The average Bonchev–Trinajstić information content (AvgIpc) is 2.92. The van der Waals surface area contributed by atoms with Gasteiger partial charge in [0.05, 0.1) is 18.3 Å². The highest BCUT2D eigenvalue weighted by Gasteiger charge is 2.22. The Hall–Kier alpha value is -0.980. The van der Waals surface area contributed by atoms with E-state index in [0.29, 0.717) is 0 Å². The van der Waals surface area contributed by atoms with Crippen molar-refractivity contribution in [1.82, 2.24) is 15.2 Å². The summed E-state index contributed by atoms with van der Waals surface area (Å²) in [6.45, 7) is 7.92. The molecule has 1 heterocycles. The Morgan fingerprint density at radius 3 is 2.78 bits per heavy atom. The molecule has 6 heteroatoms. The van der Waals surface area contributed by atoms with Crippen LogP contribution in [0.15, 0.2) is 10.9 Å². The number of carbonyl (C=O) groups excluding carboxylic acids is 1. The maximum Gasteiger partial charge on any atom is 0.329 e. The van der Waals surface area contributed by atoms with Crippen molar-refractivity contribution in [2.24, 2.45) is 0 Å². The van der Waals surface area contributed by atoms with Crippen LogP contribution in [0.25, 0.3) is 0 Å². The fourth-order valence-electron chi connectivity index (χ4n) is 1.70. The van der Waals surface area contributed by atoms with Crippen LogP contribution < -0.4 is 5.32 Å². The van der Waals surface area contributed by atoms with Crippen LogP contribution in [0.1, 0.15) is 25.6 Å². The molecule has 0 amide bonds. The molecule has 1 atom stereocenters. The Balaban J connectivity index is 2.50. The first-order valence-corrected chi connectivity index (χ1v) is 7.08. The third kappa shape index (κ3) is 4.36. The van der Waals surface area contributed by atoms with Crippen LogP contribution in [-0.2, 0) is 9.53 Å². The van der Waals surface area contributed by atoms with Gasteiger partial charge in [0.2, 0.25) is 0 Å². The van der Waals surface area contributed by atoms with E-state index in [-0.39, 0.29) is 5.97 Å². The van der Waals surface area contributed by atoms with E-state index in [0.717, 1.165) is 31.9 Å². The normalized spacial score (nSPS) is 12.7. The third-order valence-corrected chi connectivity index (χ3v) is 3.46. The Morgan fingerprint density at radius 2 is 2.28 bits per heavy atom. The summed E-state index contributed by atoms with van der Waals surface area (Å²) < 4.78 is 4.80. The van der Waals surface area contributed by atoms with Gasteiger partial charge in [0.25, 0.3) is 0 Å². The number of rotatable bonds is 8. The molecule has 1 aromatic heterocycles. The fraction of sp³-hybridized carbons (Fsp3) is 0.667. The zero-order valence-corrected chi connectivity index (χ0v) is 12.0. The van der Waals surface area contributed by atoms with E-state index in [1.807, 2.05) is 5.38 Å². The molecule has 0 fully saturated rings. The van der Waals surface area contributed by atoms with E-state index >= 15 is 0 Å². The molecule has 102 valence electrons. The smallest absolute Gasteiger partial charge is 0.329 e. The summed E-state index contributed by atoms with van der Waals surface area (Å²) in [6, 6.07) is -0.461. The van der Waals surface area contributed by atoms with Gasteiger partial charge in [-0.3, -0.25) is 5.32 Å². The summed E-state index contributed by atoms with van der Waals surface area (Å²) in [4.78, 5) is 18.2. The fourth-order valence-corrected chi connectivity index (χ4v) is 2.28. The van der Waals surface area contributed by atoms with Crippen LogP contribution in [0.4, 0.5) is 0 Å². The monoisotopic (exact) mass is 271 g/mol. The van der Waals surface area contributed by atoms with Gasteiger partial charge in [-0.2, -0.15) is 0 Å². The zero-order chi connectivity index (χ0) is 13.4. The van der Waals surface area contributed by atoms with E-state index in [4.69, 9.17) is 4.74 Å². The lowest BCUT2D eigenvalue weighted by Gasteiger charge is -2.20. The molecule has 0 aromatic carbocycles. The molecule has 18 heavy (non-hydrogen) atoms. The summed E-state index contributed by atoms with van der Waals surface area (Å²) >= 11 is 1.48. The minimum Gasteiger partial charge on any atom is -0.468 e. The molecule has 0 aliphatic heterocycles. The molecule has 1 aromatic rings. The molecular weight excluding hydrogens is 250 g/mol. The molecule has 0 saturated heterocycles. The van der Waals surface area contributed by atoms with E-state index in [1.54, 1.807) is 5.51 Å². The number of likely N-dealkylation sites (N-methyl/N-ethyl adjacent to an activating group) is 1. The maximum absolute atomic E-state index is 11.7. The van der Waals surface area contributed by atoms with E-state index in [9.17, 15) is 4.79 Å². The molecule has 1 rings (SSSR count). The zero-order valence-electron chi connectivity index (χ0n) is 11.2. The summed E-state index contributed by atoms with van der Waals surface area (Å²) in [5.74, 6) is -0.291. The molecule has 5 nitrogen and oxygen atoms in total. The highest BCUT2D eigenvalue weighted by molar-refractivity contribution is 7.07. The Bertz CT molecular complexity index is 339. The van der Waals surface area contributed by atoms with Crippen LogP contribution in [0.2, 0.25) is 0 Å². The Kier molecular flexibility index (Phi) is 6.85. The van der Waals surface area contributed by atoms with Crippen molar-refractivity contribution in [3.05, 3.63) is 16.6 Å². The number of hydrogen-bond acceptors (Lipinski definition) is 6. The van der Waals surface area contributed by atoms with E-state index < -0.39 is 6.04 Å².